The second-order valence-electron chi connectivity index (χ2n) is 13.1. The van der Waals surface area contributed by atoms with Crippen LogP contribution in [0.15, 0.2) is 30.3 Å². The number of alkyl halides is 3. The highest BCUT2D eigenvalue weighted by molar-refractivity contribution is 7.91. The zero-order chi connectivity index (χ0) is 35.0. The van der Waals surface area contributed by atoms with E-state index in [1.165, 1.54) is 0 Å². The van der Waals surface area contributed by atoms with Crippen LogP contribution in [0.3, 0.4) is 0 Å². The zero-order valence-corrected chi connectivity index (χ0v) is 28.3. The number of hydrogen-bond donors (Lipinski definition) is 5. The lowest BCUT2D eigenvalue weighted by Gasteiger charge is -2.33. The molecule has 0 spiro atoms. The van der Waals surface area contributed by atoms with Gasteiger partial charge in [-0.2, -0.15) is 13.2 Å². The molecule has 5 atom stereocenters. The average molecular weight is 688 g/mol. The van der Waals surface area contributed by atoms with E-state index in [1.807, 2.05) is 13.8 Å². The molecule has 266 valence electrons. The Morgan fingerprint density at radius 1 is 1.04 bits per heavy atom. The van der Waals surface area contributed by atoms with Gasteiger partial charge in [0.15, 0.2) is 9.84 Å². The number of carbonyl (C=O) groups excluding carboxylic acids is 2. The van der Waals surface area contributed by atoms with E-state index in [0.29, 0.717) is 18.4 Å². The van der Waals surface area contributed by atoms with Gasteiger partial charge in [0.25, 0.3) is 0 Å². The van der Waals surface area contributed by atoms with Gasteiger partial charge >= 0.3 is 6.18 Å². The maximum absolute atomic E-state index is 13.7. The minimum atomic E-state index is -4.49. The molecule has 5 N–H and O–H groups in total. The molecule has 2 amide bonds. The van der Waals surface area contributed by atoms with Gasteiger partial charge < -0.3 is 26.2 Å². The molecule has 1 saturated carbocycles. The molecular weight excluding hydrogens is 635 g/mol. The largest absolute Gasteiger partial charge is 0.401 e. The fourth-order valence-corrected chi connectivity index (χ4v) is 7.50. The molecule has 13 heteroatoms. The van der Waals surface area contributed by atoms with Crippen LogP contribution in [0.2, 0.25) is 0 Å². The summed E-state index contributed by atoms with van der Waals surface area (Å²) in [7, 11) is -3.99. The smallest absolute Gasteiger partial charge is 0.390 e. The molecule has 0 aliphatic heterocycles. The minimum absolute atomic E-state index is 0.00970. The van der Waals surface area contributed by atoms with Crippen molar-refractivity contribution in [2.24, 2.45) is 17.8 Å². The third-order valence-electron chi connectivity index (χ3n) is 8.44. The summed E-state index contributed by atoms with van der Waals surface area (Å²) in [5.41, 5.74) is 0.664. The van der Waals surface area contributed by atoms with Crippen LogP contribution < -0.4 is 16.0 Å². The lowest BCUT2D eigenvalue weighted by atomic mass is 9.82. The van der Waals surface area contributed by atoms with Gasteiger partial charge in [0.05, 0.1) is 36.1 Å². The quantitative estimate of drug-likeness (QED) is 0.104. The van der Waals surface area contributed by atoms with Crippen LogP contribution in [0.4, 0.5) is 13.2 Å². The van der Waals surface area contributed by atoms with Gasteiger partial charge in [0.1, 0.15) is 12.1 Å². The molecule has 1 aliphatic carbocycles. The molecule has 1 fully saturated rings. The highest BCUT2D eigenvalue weighted by Gasteiger charge is 2.34. The fraction of sp³-hybridized carbons (Fsp3) is 0.706. The Kier molecular flexibility index (Phi) is 17.2. The summed E-state index contributed by atoms with van der Waals surface area (Å²) in [5, 5.41) is 29.5. The molecule has 2 rings (SSSR count). The van der Waals surface area contributed by atoms with E-state index in [0.717, 1.165) is 32.1 Å². The van der Waals surface area contributed by atoms with Crippen molar-refractivity contribution in [1.29, 1.82) is 0 Å². The lowest BCUT2D eigenvalue weighted by molar-refractivity contribution is -0.132. The van der Waals surface area contributed by atoms with Crippen molar-refractivity contribution < 1.29 is 41.4 Å². The highest BCUT2D eigenvalue weighted by atomic mass is 32.2. The molecule has 0 saturated heterocycles. The van der Waals surface area contributed by atoms with Crippen molar-refractivity contribution >= 4 is 21.7 Å². The van der Waals surface area contributed by atoms with Gasteiger partial charge in [0.2, 0.25) is 11.8 Å². The first kappa shape index (κ1) is 40.5. The Morgan fingerprint density at radius 2 is 1.70 bits per heavy atom. The van der Waals surface area contributed by atoms with Crippen LogP contribution in [0.1, 0.15) is 77.2 Å². The average Bonchev–Trinajstić information content (AvgIpc) is 3.00. The summed E-state index contributed by atoms with van der Waals surface area (Å²) in [5.74, 6) is -0.928. The number of hydrogen-bond acceptors (Lipinski definition) is 7. The zero-order valence-electron chi connectivity index (χ0n) is 27.5. The second kappa shape index (κ2) is 20.0. The first-order valence-electron chi connectivity index (χ1n) is 16.5. The Balaban J connectivity index is 2.25. The molecule has 47 heavy (non-hydrogen) atoms. The number of amides is 2. The van der Waals surface area contributed by atoms with Gasteiger partial charge in [0, 0.05) is 13.0 Å². The Hall–Kier alpha value is -2.66. The summed E-state index contributed by atoms with van der Waals surface area (Å²) in [6.45, 7) is 2.05. The van der Waals surface area contributed by atoms with Gasteiger partial charge in [-0.1, -0.05) is 76.3 Å². The van der Waals surface area contributed by atoms with Crippen LogP contribution in [0.25, 0.3) is 0 Å². The normalized spacial score (nSPS) is 17.7. The molecule has 0 bridgehead atoms. The van der Waals surface area contributed by atoms with Crippen molar-refractivity contribution in [1.82, 2.24) is 16.0 Å². The number of carbonyl (C=O) groups is 2. The number of halogens is 3. The third-order valence-corrected chi connectivity index (χ3v) is 10.2. The molecule has 0 aromatic heterocycles. The predicted octanol–water partition coefficient (Wildman–Crippen LogP) is 3.53. The fourth-order valence-electron chi connectivity index (χ4n) is 6.00. The third kappa shape index (κ3) is 16.3. The van der Waals surface area contributed by atoms with Crippen LogP contribution in [0, 0.1) is 30.1 Å². The van der Waals surface area contributed by atoms with E-state index < -0.39 is 82.6 Å². The first-order valence-corrected chi connectivity index (χ1v) is 18.3. The molecule has 1 aliphatic rings. The van der Waals surface area contributed by atoms with Gasteiger partial charge in [-0.25, -0.2) is 8.42 Å². The highest BCUT2D eigenvalue weighted by Crippen LogP contribution is 2.29. The summed E-state index contributed by atoms with van der Waals surface area (Å²) < 4.78 is 63.4. The van der Waals surface area contributed by atoms with E-state index >= 15 is 0 Å². The number of sulfone groups is 1. The first-order chi connectivity index (χ1) is 22.1. The number of terminal acetylenes is 1. The molecule has 1 aromatic carbocycles. The number of rotatable bonds is 20. The standard InChI is InChI=1S/C34H52F3N3O6S/c1-4-5-16-28(33(44)40-29(21-26-14-10-7-11-15-26)31(42)30(41)19-24(2)3)39-32(43)27(20-25-12-8-6-9-13-25)22-47(45,46)18-17-38-23-34(35,36)37/h1,6,8-9,12-13,24,26-31,38,41-42H,5,7,10-11,14-23H2,2-3H3,(H,39,43)(H,40,44)/t27-,28+,29?,30+,31-/m1/s1. The van der Waals surface area contributed by atoms with Crippen molar-refractivity contribution in [2.45, 2.75) is 109 Å². The van der Waals surface area contributed by atoms with E-state index in [9.17, 15) is 41.4 Å². The number of aliphatic hydroxyl groups excluding tert-OH is 2. The predicted molar refractivity (Wildman–Crippen MR) is 176 cm³/mol. The summed E-state index contributed by atoms with van der Waals surface area (Å²) in [4.78, 5) is 27.4. The van der Waals surface area contributed by atoms with Crippen LogP contribution >= 0.6 is 0 Å². The topological polar surface area (TPSA) is 145 Å². The molecule has 1 unspecified atom stereocenters. The molecule has 0 heterocycles. The van der Waals surface area contributed by atoms with Crippen molar-refractivity contribution in [3.63, 3.8) is 0 Å². The molecule has 0 radical (unpaired) electrons. The van der Waals surface area contributed by atoms with Crippen molar-refractivity contribution in [2.75, 3.05) is 24.6 Å². The van der Waals surface area contributed by atoms with Gasteiger partial charge in [-0.3, -0.25) is 9.59 Å². The van der Waals surface area contributed by atoms with Crippen molar-refractivity contribution in [3.8, 4) is 12.3 Å². The van der Waals surface area contributed by atoms with E-state index in [-0.39, 0.29) is 31.1 Å². The molecule has 1 aromatic rings. The maximum Gasteiger partial charge on any atom is 0.401 e. The number of nitrogens with one attached hydrogen (secondary N) is 3. The molecular formula is C34H52F3N3O6S. The van der Waals surface area contributed by atoms with Crippen LogP contribution in [-0.2, 0) is 25.8 Å². The van der Waals surface area contributed by atoms with Gasteiger partial charge in [-0.05, 0) is 43.1 Å². The van der Waals surface area contributed by atoms with E-state index in [4.69, 9.17) is 6.42 Å². The van der Waals surface area contributed by atoms with Crippen LogP contribution in [-0.4, -0.2) is 85.5 Å². The second-order valence-corrected chi connectivity index (χ2v) is 15.4. The number of benzene rings is 1. The van der Waals surface area contributed by atoms with E-state index in [1.54, 1.807) is 30.3 Å². The monoisotopic (exact) mass is 687 g/mol. The van der Waals surface area contributed by atoms with Crippen LogP contribution in [0.5, 0.6) is 0 Å². The Labute approximate surface area is 277 Å². The Morgan fingerprint density at radius 3 is 2.30 bits per heavy atom. The summed E-state index contributed by atoms with van der Waals surface area (Å²) in [6, 6.07) is 6.73. The van der Waals surface area contributed by atoms with E-state index in [2.05, 4.69) is 21.9 Å². The maximum atomic E-state index is 13.7. The molecule has 9 nitrogen and oxygen atoms in total. The summed E-state index contributed by atoms with van der Waals surface area (Å²) in [6.07, 6.45) is 4.71. The SMILES string of the molecule is C#CCC[C@H](NC(=O)[C@H](Cc1ccccc1)CS(=O)(=O)CCNCC(F)(F)F)C(=O)NC(CC1CCCCC1)[C@@H](O)[C@@H](O)CC(C)C. The summed E-state index contributed by atoms with van der Waals surface area (Å²) >= 11 is 0. The Bertz CT molecular complexity index is 1230. The number of aliphatic hydroxyl groups is 2. The van der Waals surface area contributed by atoms with Gasteiger partial charge in [-0.15, -0.1) is 12.3 Å². The minimum Gasteiger partial charge on any atom is -0.390 e. The lowest BCUT2D eigenvalue weighted by Crippen LogP contribution is -2.56. The van der Waals surface area contributed by atoms with Crippen molar-refractivity contribution in [3.05, 3.63) is 35.9 Å².